The lowest BCUT2D eigenvalue weighted by Crippen LogP contribution is -1.90. The third-order valence-electron chi connectivity index (χ3n) is 3.89. The Kier molecular flexibility index (Phi) is 2.91. The zero-order chi connectivity index (χ0) is 15.3. The lowest BCUT2D eigenvalue weighted by atomic mass is 10.1. The second-order valence-electron chi connectivity index (χ2n) is 5.47. The second-order valence-corrected chi connectivity index (χ2v) is 5.91. The van der Waals surface area contributed by atoms with Gasteiger partial charge in [0, 0.05) is 10.4 Å². The van der Waals surface area contributed by atoms with Crippen LogP contribution in [-0.2, 0) is 0 Å². The molecule has 0 saturated heterocycles. The van der Waals surface area contributed by atoms with Gasteiger partial charge in [-0.25, -0.2) is 4.98 Å². The summed E-state index contributed by atoms with van der Waals surface area (Å²) in [6, 6.07) is 11.6. The van der Waals surface area contributed by atoms with E-state index in [9.17, 15) is 0 Å². The van der Waals surface area contributed by atoms with Crippen LogP contribution in [0.3, 0.4) is 0 Å². The highest BCUT2D eigenvalue weighted by molar-refractivity contribution is 6.31. The Hall–Kier alpha value is -2.39. The smallest absolute Gasteiger partial charge is 0.155 e. The predicted octanol–water partition coefficient (Wildman–Crippen LogP) is 5.31. The van der Waals surface area contributed by atoms with Gasteiger partial charge in [-0.05, 0) is 61.4 Å². The molecule has 4 aromatic rings. The van der Waals surface area contributed by atoms with Crippen LogP contribution >= 0.6 is 11.6 Å². The van der Waals surface area contributed by atoms with Gasteiger partial charge in [0.05, 0.1) is 17.2 Å². The van der Waals surface area contributed by atoms with E-state index in [1.807, 2.05) is 24.3 Å². The van der Waals surface area contributed by atoms with Gasteiger partial charge in [0.1, 0.15) is 11.3 Å². The molecule has 0 saturated carbocycles. The van der Waals surface area contributed by atoms with E-state index in [1.165, 1.54) is 11.1 Å². The molecule has 0 unspecified atom stereocenters. The highest BCUT2D eigenvalue weighted by atomic mass is 35.5. The summed E-state index contributed by atoms with van der Waals surface area (Å²) in [6.07, 6.45) is 1.75. The zero-order valence-corrected chi connectivity index (χ0v) is 13.0. The molecule has 2 heterocycles. The molecular weight excluding hydrogens is 296 g/mol. The molecule has 0 N–H and O–H groups in total. The summed E-state index contributed by atoms with van der Waals surface area (Å²) in [4.78, 5) is 9.17. The zero-order valence-electron chi connectivity index (χ0n) is 12.2. The number of hydrogen-bond acceptors (Lipinski definition) is 3. The fourth-order valence-electron chi connectivity index (χ4n) is 2.53. The standard InChI is InChI=1S/C18H13ClN2O/c1-10-5-14-15(6-11(10)2)21-16(9-20-14)18-8-12-7-13(19)3-4-17(12)22-18/h3-9H,1-2H3. The fraction of sp³-hybridized carbons (Fsp3) is 0.111. The van der Waals surface area contributed by atoms with E-state index in [2.05, 4.69) is 35.9 Å². The quantitative estimate of drug-likeness (QED) is 0.478. The summed E-state index contributed by atoms with van der Waals surface area (Å²) in [5.41, 5.74) is 5.71. The van der Waals surface area contributed by atoms with Crippen LogP contribution in [0, 0.1) is 13.8 Å². The van der Waals surface area contributed by atoms with Crippen LogP contribution in [0.4, 0.5) is 0 Å². The molecule has 22 heavy (non-hydrogen) atoms. The summed E-state index contributed by atoms with van der Waals surface area (Å²) in [5, 5.41) is 1.65. The number of halogens is 1. The average Bonchev–Trinajstić information content (AvgIpc) is 2.91. The van der Waals surface area contributed by atoms with Crippen molar-refractivity contribution < 1.29 is 4.42 Å². The van der Waals surface area contributed by atoms with Crippen molar-refractivity contribution in [2.45, 2.75) is 13.8 Å². The first-order chi connectivity index (χ1) is 10.6. The fourth-order valence-corrected chi connectivity index (χ4v) is 2.71. The van der Waals surface area contributed by atoms with Crippen molar-refractivity contribution in [3.63, 3.8) is 0 Å². The van der Waals surface area contributed by atoms with Gasteiger partial charge >= 0.3 is 0 Å². The Bertz CT molecular complexity index is 1020. The van der Waals surface area contributed by atoms with Crippen molar-refractivity contribution >= 4 is 33.6 Å². The maximum absolute atomic E-state index is 6.01. The van der Waals surface area contributed by atoms with Crippen LogP contribution in [0.25, 0.3) is 33.5 Å². The third-order valence-corrected chi connectivity index (χ3v) is 4.12. The number of aryl methyl sites for hydroxylation is 2. The third kappa shape index (κ3) is 2.14. The molecule has 3 nitrogen and oxygen atoms in total. The lowest BCUT2D eigenvalue weighted by Gasteiger charge is -2.03. The van der Waals surface area contributed by atoms with E-state index in [0.29, 0.717) is 10.8 Å². The number of fused-ring (bicyclic) bond motifs is 2. The van der Waals surface area contributed by atoms with E-state index in [-0.39, 0.29) is 0 Å². The van der Waals surface area contributed by atoms with Gasteiger partial charge in [-0.2, -0.15) is 0 Å². The SMILES string of the molecule is Cc1cc2ncc(-c3cc4cc(Cl)ccc4o3)nc2cc1C. The molecule has 0 fully saturated rings. The minimum Gasteiger partial charge on any atom is -0.454 e. The normalized spacial score (nSPS) is 11.4. The summed E-state index contributed by atoms with van der Waals surface area (Å²) in [6.45, 7) is 4.15. The van der Waals surface area contributed by atoms with Gasteiger partial charge in [-0.15, -0.1) is 0 Å². The van der Waals surface area contributed by atoms with Crippen LogP contribution in [-0.4, -0.2) is 9.97 Å². The van der Waals surface area contributed by atoms with Crippen LogP contribution in [0.15, 0.2) is 47.0 Å². The van der Waals surface area contributed by atoms with Gasteiger partial charge in [-0.3, -0.25) is 4.98 Å². The lowest BCUT2D eigenvalue weighted by molar-refractivity contribution is 0.628. The molecule has 0 radical (unpaired) electrons. The molecule has 0 aliphatic carbocycles. The first-order valence-electron chi connectivity index (χ1n) is 7.04. The molecular formula is C18H13ClN2O. The molecule has 0 aliphatic heterocycles. The molecule has 4 rings (SSSR count). The molecule has 4 heteroatoms. The van der Waals surface area contributed by atoms with Crippen LogP contribution in [0.1, 0.15) is 11.1 Å². The molecule has 108 valence electrons. The molecule has 0 bridgehead atoms. The topological polar surface area (TPSA) is 38.9 Å². The van der Waals surface area contributed by atoms with E-state index < -0.39 is 0 Å². The Balaban J connectivity index is 1.89. The van der Waals surface area contributed by atoms with Crippen molar-refractivity contribution in [3.8, 4) is 11.5 Å². The van der Waals surface area contributed by atoms with Crippen molar-refractivity contribution in [2.75, 3.05) is 0 Å². The number of aromatic nitrogens is 2. The van der Waals surface area contributed by atoms with E-state index >= 15 is 0 Å². The van der Waals surface area contributed by atoms with Crippen molar-refractivity contribution in [1.29, 1.82) is 0 Å². The Morgan fingerprint density at radius 2 is 1.73 bits per heavy atom. The summed E-state index contributed by atoms with van der Waals surface area (Å²) in [7, 11) is 0. The number of nitrogens with zero attached hydrogens (tertiary/aromatic N) is 2. The maximum atomic E-state index is 6.01. The van der Waals surface area contributed by atoms with Gasteiger partial charge in [0.15, 0.2) is 5.76 Å². The largest absolute Gasteiger partial charge is 0.454 e. The summed E-state index contributed by atoms with van der Waals surface area (Å²) < 4.78 is 5.85. The maximum Gasteiger partial charge on any atom is 0.155 e. The van der Waals surface area contributed by atoms with Crippen LogP contribution in [0.5, 0.6) is 0 Å². The van der Waals surface area contributed by atoms with E-state index in [0.717, 1.165) is 27.7 Å². The van der Waals surface area contributed by atoms with Crippen molar-refractivity contribution in [3.05, 3.63) is 58.7 Å². The van der Waals surface area contributed by atoms with Crippen molar-refractivity contribution in [2.24, 2.45) is 0 Å². The summed E-state index contributed by atoms with van der Waals surface area (Å²) in [5.74, 6) is 0.699. The van der Waals surface area contributed by atoms with Crippen LogP contribution in [0.2, 0.25) is 5.02 Å². The summed E-state index contributed by atoms with van der Waals surface area (Å²) >= 11 is 6.01. The number of hydrogen-bond donors (Lipinski definition) is 0. The number of rotatable bonds is 1. The molecule has 2 aromatic carbocycles. The second kappa shape index (κ2) is 4.82. The van der Waals surface area contributed by atoms with Gasteiger partial charge in [0.2, 0.25) is 0 Å². The predicted molar refractivity (Wildman–Crippen MR) is 89.2 cm³/mol. The van der Waals surface area contributed by atoms with Crippen LogP contribution < -0.4 is 0 Å². The molecule has 0 amide bonds. The van der Waals surface area contributed by atoms with Gasteiger partial charge in [-0.1, -0.05) is 11.6 Å². The Morgan fingerprint density at radius 1 is 0.955 bits per heavy atom. The molecule has 0 atom stereocenters. The van der Waals surface area contributed by atoms with Crippen molar-refractivity contribution in [1.82, 2.24) is 9.97 Å². The highest BCUT2D eigenvalue weighted by Crippen LogP contribution is 2.29. The van der Waals surface area contributed by atoms with Gasteiger partial charge in [0.25, 0.3) is 0 Å². The molecule has 2 aromatic heterocycles. The average molecular weight is 309 g/mol. The Labute approximate surface area is 132 Å². The van der Waals surface area contributed by atoms with E-state index in [4.69, 9.17) is 16.0 Å². The minimum atomic E-state index is 0.690. The number of furan rings is 1. The first kappa shape index (κ1) is 13.3. The Morgan fingerprint density at radius 3 is 2.55 bits per heavy atom. The van der Waals surface area contributed by atoms with E-state index in [1.54, 1.807) is 6.20 Å². The monoisotopic (exact) mass is 308 g/mol. The minimum absolute atomic E-state index is 0.690. The first-order valence-corrected chi connectivity index (χ1v) is 7.41. The number of benzene rings is 2. The van der Waals surface area contributed by atoms with Gasteiger partial charge < -0.3 is 4.42 Å². The molecule has 0 aliphatic rings. The molecule has 0 spiro atoms. The highest BCUT2D eigenvalue weighted by Gasteiger charge is 2.10.